The normalized spacial score (nSPS) is 13.9. The Bertz CT molecular complexity index is 725. The number of hydrogen-bond donors (Lipinski definition) is 0. The van der Waals surface area contributed by atoms with Gasteiger partial charge in [-0.25, -0.2) is 4.39 Å². The van der Waals surface area contributed by atoms with Crippen molar-refractivity contribution in [3.63, 3.8) is 0 Å². The lowest BCUT2D eigenvalue weighted by Gasteiger charge is -2.46. The smallest absolute Gasteiger partial charge is 0.151 e. The number of unbranched alkanes of at least 4 members (excludes halogenated alkanes) is 7. The molecule has 2 aromatic carbocycles. The number of halogens is 2. The van der Waals surface area contributed by atoms with Crippen LogP contribution in [0.5, 0.6) is 0 Å². The van der Waals surface area contributed by atoms with E-state index in [0.29, 0.717) is 6.42 Å². The second kappa shape index (κ2) is 13.8. The summed E-state index contributed by atoms with van der Waals surface area (Å²) in [6.45, 7) is 6.19. The first-order chi connectivity index (χ1) is 15.5. The largest absolute Gasteiger partial charge is 0.251 e. The first-order valence-corrected chi connectivity index (χ1v) is 12.7. The zero-order chi connectivity index (χ0) is 23.3. The van der Waals surface area contributed by atoms with Crippen molar-refractivity contribution < 1.29 is 8.78 Å². The molecule has 0 aliphatic carbocycles. The summed E-state index contributed by atoms with van der Waals surface area (Å²) in [6.07, 6.45) is 10.7. The van der Waals surface area contributed by atoms with Crippen LogP contribution in [-0.2, 0) is 5.67 Å². The van der Waals surface area contributed by atoms with Crippen LogP contribution in [0.2, 0.25) is 0 Å². The minimum Gasteiger partial charge on any atom is -0.251 e. The van der Waals surface area contributed by atoms with Crippen molar-refractivity contribution in [1.29, 1.82) is 0 Å². The first kappa shape index (κ1) is 26.6. The molecule has 0 amide bonds. The third kappa shape index (κ3) is 7.15. The van der Waals surface area contributed by atoms with Gasteiger partial charge in [0.2, 0.25) is 0 Å². The summed E-state index contributed by atoms with van der Waals surface area (Å²) in [7, 11) is 0. The molecular formula is C30H43F2. The van der Waals surface area contributed by atoms with Crippen molar-refractivity contribution in [3.05, 3.63) is 77.7 Å². The summed E-state index contributed by atoms with van der Waals surface area (Å²) in [5.74, 6) is 0.912. The maximum absolute atomic E-state index is 17.7. The number of hydrogen-bond acceptors (Lipinski definition) is 0. The maximum Gasteiger partial charge on any atom is 0.151 e. The second-order valence-corrected chi connectivity index (χ2v) is 9.77. The van der Waals surface area contributed by atoms with Gasteiger partial charge in [-0.05, 0) is 30.4 Å². The molecule has 0 nitrogen and oxygen atoms in total. The van der Waals surface area contributed by atoms with Gasteiger partial charge < -0.3 is 0 Å². The zero-order valence-electron chi connectivity index (χ0n) is 20.5. The Kier molecular flexibility index (Phi) is 11.4. The predicted molar refractivity (Wildman–Crippen MR) is 134 cm³/mol. The predicted octanol–water partition coefficient (Wildman–Crippen LogP) is 9.78. The molecule has 0 heterocycles. The molecule has 0 aliphatic heterocycles. The Morgan fingerprint density at radius 1 is 0.719 bits per heavy atom. The third-order valence-electron chi connectivity index (χ3n) is 6.86. The van der Waals surface area contributed by atoms with Gasteiger partial charge in [0.15, 0.2) is 5.67 Å². The van der Waals surface area contributed by atoms with E-state index in [-0.39, 0.29) is 6.67 Å². The molecule has 0 fully saturated rings. The van der Waals surface area contributed by atoms with Crippen molar-refractivity contribution >= 4 is 0 Å². The van der Waals surface area contributed by atoms with Gasteiger partial charge in [-0.2, -0.15) is 0 Å². The van der Waals surface area contributed by atoms with Crippen LogP contribution >= 0.6 is 0 Å². The summed E-state index contributed by atoms with van der Waals surface area (Å²) in [5, 5.41) is 0. The molecular weight excluding hydrogens is 398 g/mol. The standard InChI is InChI=1S/C30H43F2/c1-4-5-17-24-29(2,3)30(32,27-21-14-11-15-22-27)28(26-19-12-10-13-20-26)23-16-8-6-7-9-18-25-31/h10-15,19-22H,4-9,16-18,23-25H2,1-3H3. The minimum absolute atomic E-state index is 0.222. The second-order valence-electron chi connectivity index (χ2n) is 9.77. The fraction of sp³-hybridized carbons (Fsp3) is 0.567. The van der Waals surface area contributed by atoms with Crippen molar-refractivity contribution in [3.8, 4) is 0 Å². The van der Waals surface area contributed by atoms with E-state index in [4.69, 9.17) is 0 Å². The highest BCUT2D eigenvalue weighted by Gasteiger charge is 2.52. The summed E-state index contributed by atoms with van der Waals surface area (Å²) in [4.78, 5) is 0. The highest BCUT2D eigenvalue weighted by atomic mass is 19.1. The monoisotopic (exact) mass is 441 g/mol. The van der Waals surface area contributed by atoms with Crippen LogP contribution in [0, 0.1) is 11.3 Å². The molecule has 2 heteroatoms. The summed E-state index contributed by atoms with van der Waals surface area (Å²) >= 11 is 0. The molecule has 1 unspecified atom stereocenters. The van der Waals surface area contributed by atoms with Gasteiger partial charge in [0, 0.05) is 11.3 Å². The molecule has 0 aromatic heterocycles. The summed E-state index contributed by atoms with van der Waals surface area (Å²) in [6, 6.07) is 20.0. The van der Waals surface area contributed by atoms with E-state index in [1.165, 1.54) is 0 Å². The Morgan fingerprint density at radius 2 is 1.28 bits per heavy atom. The van der Waals surface area contributed by atoms with E-state index >= 15 is 4.39 Å². The lowest BCUT2D eigenvalue weighted by Crippen LogP contribution is -2.44. The maximum atomic E-state index is 17.7. The molecule has 2 rings (SSSR count). The van der Waals surface area contributed by atoms with Crippen LogP contribution in [0.4, 0.5) is 8.78 Å². The van der Waals surface area contributed by atoms with E-state index in [2.05, 4.69) is 32.9 Å². The van der Waals surface area contributed by atoms with Crippen LogP contribution in [0.15, 0.2) is 60.7 Å². The molecule has 1 radical (unpaired) electrons. The van der Waals surface area contributed by atoms with Crippen molar-refractivity contribution in [2.24, 2.45) is 5.41 Å². The Labute approximate surface area is 195 Å². The van der Waals surface area contributed by atoms with E-state index in [1.54, 1.807) is 0 Å². The number of benzene rings is 2. The van der Waals surface area contributed by atoms with E-state index in [9.17, 15) is 4.39 Å². The van der Waals surface area contributed by atoms with Crippen LogP contribution in [-0.4, -0.2) is 6.67 Å². The summed E-state index contributed by atoms with van der Waals surface area (Å²) < 4.78 is 30.0. The molecule has 177 valence electrons. The average Bonchev–Trinajstić information content (AvgIpc) is 2.81. The quantitative estimate of drug-likeness (QED) is 0.227. The molecule has 32 heavy (non-hydrogen) atoms. The topological polar surface area (TPSA) is 0 Å². The van der Waals surface area contributed by atoms with Gasteiger partial charge in [-0.1, -0.05) is 133 Å². The van der Waals surface area contributed by atoms with Crippen molar-refractivity contribution in [1.82, 2.24) is 0 Å². The molecule has 0 saturated heterocycles. The SMILES string of the molecule is CCCCCC(C)(C)C(F)([C](CCCCCCCCF)c1ccccc1)c1ccccc1. The van der Waals surface area contributed by atoms with Crippen LogP contribution < -0.4 is 0 Å². The minimum atomic E-state index is -1.53. The van der Waals surface area contributed by atoms with Gasteiger partial charge in [0.25, 0.3) is 0 Å². The molecule has 0 bridgehead atoms. The van der Waals surface area contributed by atoms with Gasteiger partial charge in [0.1, 0.15) is 0 Å². The number of alkyl halides is 2. The van der Waals surface area contributed by atoms with Gasteiger partial charge in [0.05, 0.1) is 6.67 Å². The van der Waals surface area contributed by atoms with E-state index < -0.39 is 11.1 Å². The van der Waals surface area contributed by atoms with E-state index in [1.807, 2.05) is 48.5 Å². The van der Waals surface area contributed by atoms with Gasteiger partial charge in [-0.15, -0.1) is 0 Å². The molecule has 0 saturated carbocycles. The molecule has 0 spiro atoms. The average molecular weight is 442 g/mol. The van der Waals surface area contributed by atoms with Gasteiger partial charge >= 0.3 is 0 Å². The van der Waals surface area contributed by atoms with Crippen LogP contribution in [0.3, 0.4) is 0 Å². The first-order valence-electron chi connectivity index (χ1n) is 12.7. The van der Waals surface area contributed by atoms with Crippen molar-refractivity contribution in [2.45, 2.75) is 97.1 Å². The van der Waals surface area contributed by atoms with E-state index in [0.717, 1.165) is 81.3 Å². The fourth-order valence-corrected chi connectivity index (χ4v) is 4.89. The lowest BCUT2D eigenvalue weighted by atomic mass is 9.61. The lowest BCUT2D eigenvalue weighted by molar-refractivity contribution is 0.0169. The Morgan fingerprint density at radius 3 is 1.88 bits per heavy atom. The van der Waals surface area contributed by atoms with Crippen molar-refractivity contribution in [2.75, 3.05) is 6.67 Å². The molecule has 0 aliphatic rings. The molecule has 2 aromatic rings. The molecule has 1 atom stereocenters. The third-order valence-corrected chi connectivity index (χ3v) is 6.86. The van der Waals surface area contributed by atoms with Crippen LogP contribution in [0.25, 0.3) is 0 Å². The Hall–Kier alpha value is -1.70. The fourth-order valence-electron chi connectivity index (χ4n) is 4.89. The van der Waals surface area contributed by atoms with Crippen LogP contribution in [0.1, 0.15) is 103 Å². The zero-order valence-corrected chi connectivity index (χ0v) is 20.5. The summed E-state index contributed by atoms with van der Waals surface area (Å²) in [5.41, 5.74) is -0.268. The highest BCUT2D eigenvalue weighted by molar-refractivity contribution is 5.43. The number of rotatable bonds is 16. The highest BCUT2D eigenvalue weighted by Crippen LogP contribution is 2.55. The Balaban J connectivity index is 2.32. The van der Waals surface area contributed by atoms with Gasteiger partial charge in [-0.3, -0.25) is 4.39 Å². The molecule has 0 N–H and O–H groups in total.